The van der Waals surface area contributed by atoms with Crippen LogP contribution in [0.3, 0.4) is 0 Å². The van der Waals surface area contributed by atoms with Gasteiger partial charge in [0.25, 0.3) is 0 Å². The number of hydrogen-bond donors (Lipinski definition) is 2. The third-order valence-corrected chi connectivity index (χ3v) is 4.38. The highest BCUT2D eigenvalue weighted by molar-refractivity contribution is 5.90. The van der Waals surface area contributed by atoms with Crippen LogP contribution in [0.4, 0.5) is 0 Å². The molecule has 3 aromatic rings. The Morgan fingerprint density at radius 1 is 0.931 bits per heavy atom. The highest BCUT2D eigenvalue weighted by Crippen LogP contribution is 2.17. The Bertz CT molecular complexity index is 949. The third kappa shape index (κ3) is 5.70. The molecule has 0 aliphatic rings. The lowest BCUT2D eigenvalue weighted by Gasteiger charge is -2.19. The minimum absolute atomic E-state index is 0.196. The molecule has 0 fully saturated rings. The molecule has 29 heavy (non-hydrogen) atoms. The number of methoxy groups -OCH3 is 1. The van der Waals surface area contributed by atoms with E-state index in [0.717, 1.165) is 11.1 Å². The molecule has 2 heterocycles. The fourth-order valence-corrected chi connectivity index (χ4v) is 2.84. The highest BCUT2D eigenvalue weighted by Gasteiger charge is 2.21. The van der Waals surface area contributed by atoms with E-state index in [-0.39, 0.29) is 5.91 Å². The molecule has 7 heteroatoms. The molecule has 1 unspecified atom stereocenters. The number of nitrogens with one attached hydrogen (secondary N) is 2. The molecule has 1 aromatic carbocycles. The zero-order chi connectivity index (χ0) is 20.5. The quantitative estimate of drug-likeness (QED) is 0.574. The van der Waals surface area contributed by atoms with E-state index in [1.807, 2.05) is 30.3 Å². The lowest BCUT2D eigenvalue weighted by atomic mass is 10.0. The summed E-state index contributed by atoms with van der Waals surface area (Å²) < 4.78 is 4.79. The van der Waals surface area contributed by atoms with Crippen molar-refractivity contribution < 1.29 is 14.3 Å². The zero-order valence-electron chi connectivity index (χ0n) is 16.0. The Labute approximate surface area is 169 Å². The normalized spacial score (nSPS) is 11.5. The Morgan fingerprint density at radius 2 is 1.55 bits per heavy atom. The molecular weight excluding hydrogens is 368 g/mol. The molecule has 7 nitrogen and oxygen atoms in total. The molecule has 0 saturated heterocycles. The van der Waals surface area contributed by atoms with E-state index in [2.05, 4.69) is 20.6 Å². The first-order valence-electron chi connectivity index (χ1n) is 9.14. The van der Waals surface area contributed by atoms with Gasteiger partial charge in [0.1, 0.15) is 6.04 Å². The molecular formula is C22H22N4O3. The fourth-order valence-electron chi connectivity index (χ4n) is 2.84. The van der Waals surface area contributed by atoms with Crippen LogP contribution in [0.25, 0.3) is 0 Å². The highest BCUT2D eigenvalue weighted by atomic mass is 16.5. The molecule has 0 saturated carbocycles. The monoisotopic (exact) mass is 390 g/mol. The Morgan fingerprint density at radius 3 is 2.17 bits per heavy atom. The smallest absolute Gasteiger partial charge is 0.337 e. The predicted octanol–water partition coefficient (Wildman–Crippen LogP) is 2.41. The van der Waals surface area contributed by atoms with E-state index in [9.17, 15) is 9.59 Å². The SMILES string of the molecule is COC(=O)c1cccc(C(NCc2ccncc2)C(=O)NCc2ccncc2)c1. The summed E-state index contributed by atoms with van der Waals surface area (Å²) in [4.78, 5) is 32.8. The van der Waals surface area contributed by atoms with Crippen LogP contribution in [0.1, 0.15) is 33.1 Å². The van der Waals surface area contributed by atoms with Crippen molar-refractivity contribution in [3.63, 3.8) is 0 Å². The van der Waals surface area contributed by atoms with Crippen LogP contribution in [0.15, 0.2) is 73.3 Å². The molecule has 0 aliphatic carbocycles. The number of benzene rings is 1. The maximum absolute atomic E-state index is 13.0. The van der Waals surface area contributed by atoms with Crippen LogP contribution in [-0.4, -0.2) is 29.0 Å². The number of rotatable bonds is 8. The minimum Gasteiger partial charge on any atom is -0.465 e. The van der Waals surface area contributed by atoms with Gasteiger partial charge in [-0.15, -0.1) is 0 Å². The van der Waals surface area contributed by atoms with Crippen molar-refractivity contribution in [2.45, 2.75) is 19.1 Å². The van der Waals surface area contributed by atoms with Gasteiger partial charge in [-0.25, -0.2) is 4.79 Å². The molecule has 2 aromatic heterocycles. The van der Waals surface area contributed by atoms with Crippen LogP contribution in [0.2, 0.25) is 0 Å². The molecule has 1 amide bonds. The molecule has 2 N–H and O–H groups in total. The van der Waals surface area contributed by atoms with Crippen molar-refractivity contribution in [2.24, 2.45) is 0 Å². The molecule has 0 aliphatic heterocycles. The van der Waals surface area contributed by atoms with Gasteiger partial charge >= 0.3 is 5.97 Å². The number of pyridine rings is 2. The number of hydrogen-bond acceptors (Lipinski definition) is 6. The Balaban J connectivity index is 1.78. The van der Waals surface area contributed by atoms with Crippen molar-refractivity contribution in [1.82, 2.24) is 20.6 Å². The van der Waals surface area contributed by atoms with Gasteiger partial charge in [0.2, 0.25) is 5.91 Å². The van der Waals surface area contributed by atoms with Crippen LogP contribution in [-0.2, 0) is 22.6 Å². The topological polar surface area (TPSA) is 93.2 Å². The van der Waals surface area contributed by atoms with Crippen molar-refractivity contribution in [3.05, 3.63) is 95.6 Å². The zero-order valence-corrected chi connectivity index (χ0v) is 16.0. The van der Waals surface area contributed by atoms with Gasteiger partial charge < -0.3 is 10.1 Å². The van der Waals surface area contributed by atoms with Crippen LogP contribution >= 0.6 is 0 Å². The number of amides is 1. The fraction of sp³-hybridized carbons (Fsp3) is 0.182. The van der Waals surface area contributed by atoms with E-state index >= 15 is 0 Å². The molecule has 0 bridgehead atoms. The standard InChI is InChI=1S/C22H22N4O3/c1-29-22(28)19-4-2-3-18(13-19)20(25-14-16-5-9-23-10-6-16)21(27)26-15-17-7-11-24-12-8-17/h2-13,20,25H,14-15H2,1H3,(H,26,27). The molecule has 3 rings (SSSR count). The summed E-state index contributed by atoms with van der Waals surface area (Å²) in [5.74, 6) is -0.644. The summed E-state index contributed by atoms with van der Waals surface area (Å²) in [6, 6.07) is 13.7. The van der Waals surface area contributed by atoms with Crippen molar-refractivity contribution in [3.8, 4) is 0 Å². The lowest BCUT2D eigenvalue weighted by Crippen LogP contribution is -2.37. The number of carbonyl (C=O) groups is 2. The summed E-state index contributed by atoms with van der Waals surface area (Å²) in [6.07, 6.45) is 6.77. The summed E-state index contributed by atoms with van der Waals surface area (Å²) in [5, 5.41) is 6.21. The van der Waals surface area contributed by atoms with E-state index in [1.165, 1.54) is 7.11 Å². The number of aromatic nitrogens is 2. The average molecular weight is 390 g/mol. The second kappa shape index (κ2) is 10.1. The minimum atomic E-state index is -0.644. The van der Waals surface area contributed by atoms with E-state index in [0.29, 0.717) is 24.2 Å². The van der Waals surface area contributed by atoms with E-state index < -0.39 is 12.0 Å². The third-order valence-electron chi connectivity index (χ3n) is 4.38. The largest absolute Gasteiger partial charge is 0.465 e. The maximum Gasteiger partial charge on any atom is 0.337 e. The second-order valence-electron chi connectivity index (χ2n) is 6.36. The van der Waals surface area contributed by atoms with E-state index in [4.69, 9.17) is 4.74 Å². The molecule has 1 atom stereocenters. The Hall–Kier alpha value is -3.58. The molecule has 0 spiro atoms. The van der Waals surface area contributed by atoms with E-state index in [1.54, 1.807) is 43.0 Å². The van der Waals surface area contributed by atoms with Crippen molar-refractivity contribution in [2.75, 3.05) is 7.11 Å². The van der Waals surface area contributed by atoms with Gasteiger partial charge in [-0.05, 0) is 53.1 Å². The average Bonchev–Trinajstić information content (AvgIpc) is 2.79. The summed E-state index contributed by atoms with van der Waals surface area (Å²) in [7, 11) is 1.33. The maximum atomic E-state index is 13.0. The first-order valence-corrected chi connectivity index (χ1v) is 9.14. The summed E-state index contributed by atoms with van der Waals surface area (Å²) >= 11 is 0. The second-order valence-corrected chi connectivity index (χ2v) is 6.36. The van der Waals surface area contributed by atoms with Gasteiger partial charge in [-0.3, -0.25) is 20.1 Å². The van der Waals surface area contributed by atoms with Gasteiger partial charge in [0.05, 0.1) is 12.7 Å². The molecule has 148 valence electrons. The first kappa shape index (κ1) is 20.2. The number of esters is 1. The van der Waals surface area contributed by atoms with Crippen LogP contribution in [0, 0.1) is 0 Å². The van der Waals surface area contributed by atoms with Crippen molar-refractivity contribution in [1.29, 1.82) is 0 Å². The van der Waals surface area contributed by atoms with Gasteiger partial charge in [-0.1, -0.05) is 12.1 Å². The predicted molar refractivity (Wildman–Crippen MR) is 108 cm³/mol. The van der Waals surface area contributed by atoms with Crippen LogP contribution in [0.5, 0.6) is 0 Å². The number of nitrogens with zero attached hydrogens (tertiary/aromatic N) is 2. The summed E-state index contributed by atoms with van der Waals surface area (Å²) in [5.41, 5.74) is 3.01. The lowest BCUT2D eigenvalue weighted by molar-refractivity contribution is -0.123. The number of carbonyl (C=O) groups excluding carboxylic acids is 2. The first-order chi connectivity index (χ1) is 14.2. The van der Waals surface area contributed by atoms with Crippen molar-refractivity contribution >= 4 is 11.9 Å². The van der Waals surface area contributed by atoms with Gasteiger partial charge in [-0.2, -0.15) is 0 Å². The van der Waals surface area contributed by atoms with Gasteiger partial charge in [0, 0.05) is 37.9 Å². The number of ether oxygens (including phenoxy) is 1. The van der Waals surface area contributed by atoms with Gasteiger partial charge in [0.15, 0.2) is 0 Å². The summed E-state index contributed by atoms with van der Waals surface area (Å²) in [6.45, 7) is 0.851. The van der Waals surface area contributed by atoms with Crippen LogP contribution < -0.4 is 10.6 Å². The Kier molecular flexibility index (Phi) is 7.02. The molecule has 0 radical (unpaired) electrons.